The van der Waals surface area contributed by atoms with Crippen LogP contribution in [0, 0.1) is 0 Å². The Labute approximate surface area is 94.9 Å². The Morgan fingerprint density at radius 2 is 2.27 bits per heavy atom. The predicted molar refractivity (Wildman–Crippen MR) is 59.4 cm³/mol. The van der Waals surface area contributed by atoms with Gasteiger partial charge in [0.25, 0.3) is 0 Å². The first-order valence-corrected chi connectivity index (χ1v) is 6.56. The van der Waals surface area contributed by atoms with Crippen molar-refractivity contribution in [1.82, 2.24) is 9.29 Å². The SMILES string of the molecule is CCN(CCCl)S(=O)(=O)c1cccnc1. The minimum absolute atomic E-state index is 0.206. The zero-order chi connectivity index (χ0) is 11.3. The molecule has 0 atom stereocenters. The molecule has 0 aliphatic carbocycles. The van der Waals surface area contributed by atoms with E-state index in [-0.39, 0.29) is 10.8 Å². The summed E-state index contributed by atoms with van der Waals surface area (Å²) in [5.74, 6) is 0.285. The molecular weight excluding hydrogens is 236 g/mol. The lowest BCUT2D eigenvalue weighted by atomic mass is 10.5. The maximum atomic E-state index is 12.0. The fraction of sp³-hybridized carbons (Fsp3) is 0.444. The van der Waals surface area contributed by atoms with E-state index in [0.717, 1.165) is 0 Å². The van der Waals surface area contributed by atoms with Crippen LogP contribution in [-0.4, -0.2) is 36.7 Å². The van der Waals surface area contributed by atoms with Gasteiger partial charge < -0.3 is 0 Å². The molecule has 6 heteroatoms. The summed E-state index contributed by atoms with van der Waals surface area (Å²) in [6, 6.07) is 3.13. The highest BCUT2D eigenvalue weighted by Gasteiger charge is 2.22. The molecule has 1 rings (SSSR count). The Kier molecular flexibility index (Phi) is 4.50. The Morgan fingerprint density at radius 1 is 1.53 bits per heavy atom. The Bertz CT molecular complexity index is 394. The summed E-state index contributed by atoms with van der Waals surface area (Å²) in [4.78, 5) is 3.99. The minimum Gasteiger partial charge on any atom is -0.263 e. The molecule has 0 amide bonds. The average molecular weight is 249 g/mol. The molecule has 0 fully saturated rings. The molecule has 1 heterocycles. The van der Waals surface area contributed by atoms with Gasteiger partial charge in [-0.15, -0.1) is 11.6 Å². The molecule has 0 N–H and O–H groups in total. The Balaban J connectivity index is 3.01. The van der Waals surface area contributed by atoms with Crippen LogP contribution < -0.4 is 0 Å². The van der Waals surface area contributed by atoms with E-state index >= 15 is 0 Å². The number of rotatable bonds is 5. The molecule has 0 spiro atoms. The number of pyridine rings is 1. The van der Waals surface area contributed by atoms with E-state index in [1.54, 1.807) is 13.0 Å². The first-order chi connectivity index (χ1) is 7.12. The molecule has 1 aromatic heterocycles. The fourth-order valence-electron chi connectivity index (χ4n) is 1.19. The molecule has 84 valence electrons. The molecule has 0 saturated carbocycles. The first kappa shape index (κ1) is 12.4. The lowest BCUT2D eigenvalue weighted by Crippen LogP contribution is -2.32. The summed E-state index contributed by atoms with van der Waals surface area (Å²) in [5, 5.41) is 0. The van der Waals surface area contributed by atoms with E-state index in [1.165, 1.54) is 22.8 Å². The molecule has 1 aromatic rings. The number of alkyl halides is 1. The van der Waals surface area contributed by atoms with Crippen molar-refractivity contribution in [3.63, 3.8) is 0 Å². The van der Waals surface area contributed by atoms with E-state index in [9.17, 15) is 8.42 Å². The number of hydrogen-bond acceptors (Lipinski definition) is 3. The van der Waals surface area contributed by atoms with Crippen molar-refractivity contribution in [2.24, 2.45) is 0 Å². The Hall–Kier alpha value is -0.650. The molecular formula is C9H13ClN2O2S. The zero-order valence-electron chi connectivity index (χ0n) is 8.43. The van der Waals surface area contributed by atoms with Crippen LogP contribution in [0.4, 0.5) is 0 Å². The summed E-state index contributed by atoms with van der Waals surface area (Å²) >= 11 is 5.55. The second kappa shape index (κ2) is 5.44. The lowest BCUT2D eigenvalue weighted by molar-refractivity contribution is 0.446. The van der Waals surface area contributed by atoms with Gasteiger partial charge in [0.15, 0.2) is 0 Å². The van der Waals surface area contributed by atoms with Crippen LogP contribution in [0.1, 0.15) is 6.92 Å². The largest absolute Gasteiger partial charge is 0.263 e. The summed E-state index contributed by atoms with van der Waals surface area (Å²) in [7, 11) is -3.43. The highest BCUT2D eigenvalue weighted by Crippen LogP contribution is 2.13. The van der Waals surface area contributed by atoms with Gasteiger partial charge in [0, 0.05) is 31.4 Å². The van der Waals surface area contributed by atoms with E-state index in [0.29, 0.717) is 13.1 Å². The topological polar surface area (TPSA) is 50.3 Å². The first-order valence-electron chi connectivity index (χ1n) is 4.59. The predicted octanol–water partition coefficient (Wildman–Crippen LogP) is 1.33. The monoisotopic (exact) mass is 248 g/mol. The molecule has 0 aliphatic rings. The lowest BCUT2D eigenvalue weighted by Gasteiger charge is -2.18. The third-order valence-electron chi connectivity index (χ3n) is 1.96. The molecule has 0 unspecified atom stereocenters. The quantitative estimate of drug-likeness (QED) is 0.739. The summed E-state index contributed by atoms with van der Waals surface area (Å²) in [6.07, 6.45) is 2.88. The molecule has 0 bridgehead atoms. The van der Waals surface area contributed by atoms with Crippen LogP contribution in [0.25, 0.3) is 0 Å². The smallest absolute Gasteiger partial charge is 0.244 e. The third-order valence-corrected chi connectivity index (χ3v) is 4.09. The van der Waals surface area contributed by atoms with E-state index in [1.807, 2.05) is 0 Å². The van der Waals surface area contributed by atoms with Crippen molar-refractivity contribution in [2.45, 2.75) is 11.8 Å². The fourth-order valence-corrected chi connectivity index (χ4v) is 2.91. The normalized spacial score (nSPS) is 11.9. The van der Waals surface area contributed by atoms with Crippen LogP contribution >= 0.6 is 11.6 Å². The van der Waals surface area contributed by atoms with Gasteiger partial charge in [0.1, 0.15) is 4.90 Å². The third kappa shape index (κ3) is 2.90. The van der Waals surface area contributed by atoms with Gasteiger partial charge >= 0.3 is 0 Å². The molecule has 0 aliphatic heterocycles. The van der Waals surface area contributed by atoms with Crippen molar-refractivity contribution in [1.29, 1.82) is 0 Å². The van der Waals surface area contributed by atoms with Crippen LogP contribution in [0.3, 0.4) is 0 Å². The number of aromatic nitrogens is 1. The summed E-state index contributed by atoms with van der Waals surface area (Å²) in [5.41, 5.74) is 0. The van der Waals surface area contributed by atoms with E-state index < -0.39 is 10.0 Å². The van der Waals surface area contributed by atoms with Crippen LogP contribution in [0.15, 0.2) is 29.4 Å². The van der Waals surface area contributed by atoms with Crippen molar-refractivity contribution in [3.05, 3.63) is 24.5 Å². The Morgan fingerprint density at radius 3 is 2.73 bits per heavy atom. The molecule has 0 aromatic carbocycles. The number of nitrogens with zero attached hydrogens (tertiary/aromatic N) is 2. The van der Waals surface area contributed by atoms with Gasteiger partial charge in [-0.05, 0) is 12.1 Å². The van der Waals surface area contributed by atoms with E-state index in [2.05, 4.69) is 4.98 Å². The van der Waals surface area contributed by atoms with Gasteiger partial charge in [-0.1, -0.05) is 6.92 Å². The van der Waals surface area contributed by atoms with Crippen molar-refractivity contribution >= 4 is 21.6 Å². The molecule has 0 saturated heterocycles. The highest BCUT2D eigenvalue weighted by atomic mass is 35.5. The summed E-state index contributed by atoms with van der Waals surface area (Å²) < 4.78 is 25.3. The van der Waals surface area contributed by atoms with Crippen molar-refractivity contribution < 1.29 is 8.42 Å². The average Bonchev–Trinajstić information content (AvgIpc) is 2.27. The maximum Gasteiger partial charge on any atom is 0.244 e. The van der Waals surface area contributed by atoms with Crippen LogP contribution in [-0.2, 0) is 10.0 Å². The summed E-state index contributed by atoms with van der Waals surface area (Å²) in [6.45, 7) is 2.50. The van der Waals surface area contributed by atoms with Crippen molar-refractivity contribution in [3.8, 4) is 0 Å². The number of hydrogen-bond donors (Lipinski definition) is 0. The number of sulfonamides is 1. The van der Waals surface area contributed by atoms with Gasteiger partial charge in [-0.2, -0.15) is 4.31 Å². The van der Waals surface area contributed by atoms with Crippen molar-refractivity contribution in [2.75, 3.05) is 19.0 Å². The maximum absolute atomic E-state index is 12.0. The second-order valence-corrected chi connectivity index (χ2v) is 5.19. The van der Waals surface area contributed by atoms with Gasteiger partial charge in [-0.3, -0.25) is 4.98 Å². The van der Waals surface area contributed by atoms with E-state index in [4.69, 9.17) is 11.6 Å². The van der Waals surface area contributed by atoms with Gasteiger partial charge in [-0.25, -0.2) is 8.42 Å². The molecule has 4 nitrogen and oxygen atoms in total. The number of halogens is 1. The molecule has 15 heavy (non-hydrogen) atoms. The zero-order valence-corrected chi connectivity index (χ0v) is 10.0. The van der Waals surface area contributed by atoms with Crippen LogP contribution in [0.2, 0.25) is 0 Å². The van der Waals surface area contributed by atoms with Crippen LogP contribution in [0.5, 0.6) is 0 Å². The standard InChI is InChI=1S/C9H13ClN2O2S/c1-2-12(7-5-10)15(13,14)9-4-3-6-11-8-9/h3-4,6,8H,2,5,7H2,1H3. The highest BCUT2D eigenvalue weighted by molar-refractivity contribution is 7.89. The second-order valence-electron chi connectivity index (χ2n) is 2.87. The minimum atomic E-state index is -3.43. The van der Waals surface area contributed by atoms with Gasteiger partial charge in [0.2, 0.25) is 10.0 Å². The van der Waals surface area contributed by atoms with Gasteiger partial charge in [0.05, 0.1) is 0 Å². The molecule has 0 radical (unpaired) electrons.